The molecule has 0 spiro atoms. The number of carbonyl (C=O) groups excluding carboxylic acids is 1. The first kappa shape index (κ1) is 26.0. The van der Waals surface area contributed by atoms with Crippen LogP contribution in [0, 0.1) is 13.8 Å². The summed E-state index contributed by atoms with van der Waals surface area (Å²) in [5.74, 6) is -0.115. The second-order valence-corrected chi connectivity index (χ2v) is 8.62. The Bertz CT molecular complexity index is 1110. The molecule has 0 aliphatic carbocycles. The number of hydrogen-bond donors (Lipinski definition) is 2. The van der Waals surface area contributed by atoms with Gasteiger partial charge >= 0.3 is 5.97 Å². The first-order valence-corrected chi connectivity index (χ1v) is 11.6. The molecule has 6 heteroatoms. The Morgan fingerprint density at radius 1 is 1.06 bits per heavy atom. The molecular formula is C27H30N2O3S. The average molecular weight is 463 g/mol. The summed E-state index contributed by atoms with van der Waals surface area (Å²) in [6, 6.07) is 19.6. The number of carboxylic acids is 1. The van der Waals surface area contributed by atoms with E-state index in [1.165, 1.54) is 22.3 Å². The van der Waals surface area contributed by atoms with Crippen molar-refractivity contribution in [1.82, 2.24) is 5.32 Å². The van der Waals surface area contributed by atoms with Gasteiger partial charge in [-0.25, -0.2) is 4.79 Å². The fraction of sp³-hybridized carbons (Fsp3) is 0.222. The van der Waals surface area contributed by atoms with Gasteiger partial charge in [0.1, 0.15) is 6.29 Å². The van der Waals surface area contributed by atoms with Crippen molar-refractivity contribution in [3.05, 3.63) is 82.9 Å². The third-order valence-electron chi connectivity index (χ3n) is 5.02. The standard InChI is InChI=1S/C18H19NOS.C9H11NO2/c1-13-5-6-15(11-14(13)2)16-7-8-17(19-3)18(12-16)21-10-4-9-20;1-10-6-7-3-2-4-8(5-7)9(11)12/h5-9,11-12H,3-4,10H2,1-2H3;2-5,10H,6H2,1H3,(H,11,12). The van der Waals surface area contributed by atoms with E-state index in [1.807, 2.05) is 19.2 Å². The fourth-order valence-corrected chi connectivity index (χ4v) is 4.02. The van der Waals surface area contributed by atoms with E-state index in [1.54, 1.807) is 30.0 Å². The molecule has 0 atom stereocenters. The molecule has 3 aromatic carbocycles. The Kier molecular flexibility index (Phi) is 10.5. The lowest BCUT2D eigenvalue weighted by Crippen LogP contribution is -2.06. The highest BCUT2D eigenvalue weighted by Crippen LogP contribution is 2.34. The van der Waals surface area contributed by atoms with Gasteiger partial charge in [-0.1, -0.05) is 36.4 Å². The van der Waals surface area contributed by atoms with E-state index in [-0.39, 0.29) is 0 Å². The molecule has 0 aliphatic rings. The van der Waals surface area contributed by atoms with Crippen molar-refractivity contribution >= 4 is 36.4 Å². The van der Waals surface area contributed by atoms with Crippen molar-refractivity contribution in [1.29, 1.82) is 0 Å². The molecule has 33 heavy (non-hydrogen) atoms. The molecule has 2 N–H and O–H groups in total. The van der Waals surface area contributed by atoms with Crippen LogP contribution in [0.4, 0.5) is 5.69 Å². The highest BCUT2D eigenvalue weighted by molar-refractivity contribution is 7.99. The van der Waals surface area contributed by atoms with Crippen molar-refractivity contribution in [2.45, 2.75) is 31.7 Å². The molecule has 172 valence electrons. The van der Waals surface area contributed by atoms with E-state index < -0.39 is 5.97 Å². The highest BCUT2D eigenvalue weighted by Gasteiger charge is 2.06. The summed E-state index contributed by atoms with van der Waals surface area (Å²) in [6.45, 7) is 8.55. The number of nitrogens with zero attached hydrogens (tertiary/aromatic N) is 1. The first-order chi connectivity index (χ1) is 15.9. The lowest BCUT2D eigenvalue weighted by atomic mass is 10.0. The van der Waals surface area contributed by atoms with Crippen molar-refractivity contribution in [3.63, 3.8) is 0 Å². The minimum absolute atomic E-state index is 0.336. The van der Waals surface area contributed by atoms with Crippen LogP contribution in [0.1, 0.15) is 33.5 Å². The van der Waals surface area contributed by atoms with Gasteiger partial charge in [0, 0.05) is 23.6 Å². The van der Waals surface area contributed by atoms with Crippen molar-refractivity contribution in [2.75, 3.05) is 12.8 Å². The third-order valence-corrected chi connectivity index (χ3v) is 6.10. The molecule has 0 saturated carbocycles. The Labute approximate surface area is 200 Å². The normalized spacial score (nSPS) is 10.2. The molecule has 0 aromatic heterocycles. The molecule has 0 radical (unpaired) electrons. The van der Waals surface area contributed by atoms with Crippen molar-refractivity contribution in [3.8, 4) is 11.1 Å². The summed E-state index contributed by atoms with van der Waals surface area (Å²) in [5.41, 5.74) is 7.14. The Hall–Kier alpha value is -3.22. The molecule has 0 bridgehead atoms. The lowest BCUT2D eigenvalue weighted by molar-refractivity contribution is -0.107. The van der Waals surface area contributed by atoms with Crippen LogP contribution < -0.4 is 5.32 Å². The van der Waals surface area contributed by atoms with E-state index in [4.69, 9.17) is 5.11 Å². The number of thioether (sulfide) groups is 1. The number of aryl methyl sites for hydroxylation is 2. The Morgan fingerprint density at radius 2 is 1.79 bits per heavy atom. The van der Waals surface area contributed by atoms with Gasteiger partial charge in [0.05, 0.1) is 11.3 Å². The summed E-state index contributed by atoms with van der Waals surface area (Å²) in [7, 11) is 1.83. The van der Waals surface area contributed by atoms with Crippen LogP contribution in [0.3, 0.4) is 0 Å². The summed E-state index contributed by atoms with van der Waals surface area (Å²) in [6.07, 6.45) is 1.50. The van der Waals surface area contributed by atoms with Gasteiger partial charge in [-0.15, -0.1) is 11.8 Å². The second-order valence-electron chi connectivity index (χ2n) is 7.48. The minimum Gasteiger partial charge on any atom is -0.478 e. The van der Waals surface area contributed by atoms with Crippen LogP contribution >= 0.6 is 11.8 Å². The van der Waals surface area contributed by atoms with Gasteiger partial charge in [0.25, 0.3) is 0 Å². The maximum atomic E-state index is 10.5. The monoisotopic (exact) mass is 462 g/mol. The number of aldehydes is 1. The number of rotatable bonds is 9. The quantitative estimate of drug-likeness (QED) is 0.174. The van der Waals surface area contributed by atoms with E-state index in [0.717, 1.165) is 28.2 Å². The minimum atomic E-state index is -0.882. The molecule has 0 fully saturated rings. The predicted octanol–water partition coefficient (Wildman–Crippen LogP) is 6.09. The predicted molar refractivity (Wildman–Crippen MR) is 138 cm³/mol. The van der Waals surface area contributed by atoms with E-state index in [9.17, 15) is 9.59 Å². The molecule has 3 aromatic rings. The smallest absolute Gasteiger partial charge is 0.335 e. The summed E-state index contributed by atoms with van der Waals surface area (Å²) < 4.78 is 0. The zero-order valence-corrected chi connectivity index (χ0v) is 20.1. The molecule has 0 aliphatic heterocycles. The molecular weight excluding hydrogens is 432 g/mol. The van der Waals surface area contributed by atoms with Crippen LogP contribution in [-0.4, -0.2) is 36.9 Å². The molecule has 5 nitrogen and oxygen atoms in total. The number of carbonyl (C=O) groups is 2. The van der Waals surface area contributed by atoms with Crippen LogP contribution in [0.5, 0.6) is 0 Å². The maximum Gasteiger partial charge on any atom is 0.335 e. The van der Waals surface area contributed by atoms with E-state index in [0.29, 0.717) is 18.5 Å². The number of nitrogens with one attached hydrogen (secondary N) is 1. The maximum absolute atomic E-state index is 10.5. The zero-order valence-electron chi connectivity index (χ0n) is 19.3. The van der Waals surface area contributed by atoms with Gasteiger partial charge in [-0.05, 0) is 79.7 Å². The first-order valence-electron chi connectivity index (χ1n) is 10.6. The molecule has 0 saturated heterocycles. The van der Waals surface area contributed by atoms with Gasteiger partial charge in [0.15, 0.2) is 0 Å². The number of carboxylic acid groups (broad SMARTS) is 1. The number of aliphatic imine (C=N–C) groups is 1. The topological polar surface area (TPSA) is 78.8 Å². The SMILES string of the molecule is C=Nc1ccc(-c2ccc(C)c(C)c2)cc1SCCC=O.CNCc1cccc(C(=O)O)c1. The zero-order chi connectivity index (χ0) is 24.2. The number of aromatic carboxylic acids is 1. The number of hydrogen-bond acceptors (Lipinski definition) is 5. The van der Waals surface area contributed by atoms with Gasteiger partial charge < -0.3 is 15.2 Å². The second kappa shape index (κ2) is 13.4. The largest absolute Gasteiger partial charge is 0.478 e. The molecule has 3 rings (SSSR count). The molecule has 0 heterocycles. The average Bonchev–Trinajstić information content (AvgIpc) is 2.82. The summed E-state index contributed by atoms with van der Waals surface area (Å²) >= 11 is 1.65. The van der Waals surface area contributed by atoms with E-state index >= 15 is 0 Å². The number of benzene rings is 3. The molecule has 0 amide bonds. The van der Waals surface area contributed by atoms with Gasteiger partial charge in [-0.2, -0.15) is 0 Å². The van der Waals surface area contributed by atoms with Gasteiger partial charge in [-0.3, -0.25) is 4.99 Å². The van der Waals surface area contributed by atoms with Crippen LogP contribution in [0.2, 0.25) is 0 Å². The van der Waals surface area contributed by atoms with E-state index in [2.05, 4.69) is 61.2 Å². The third kappa shape index (κ3) is 8.00. The van der Waals surface area contributed by atoms with Gasteiger partial charge in [0.2, 0.25) is 0 Å². The summed E-state index contributed by atoms with van der Waals surface area (Å²) in [4.78, 5) is 26.1. The van der Waals surface area contributed by atoms with Crippen LogP contribution in [-0.2, 0) is 11.3 Å². The van der Waals surface area contributed by atoms with Crippen LogP contribution in [0.15, 0.2) is 70.6 Å². The lowest BCUT2D eigenvalue weighted by Gasteiger charge is -2.10. The summed E-state index contributed by atoms with van der Waals surface area (Å²) in [5, 5.41) is 11.6. The molecule has 0 unspecified atom stereocenters. The Morgan fingerprint density at radius 3 is 2.42 bits per heavy atom. The highest BCUT2D eigenvalue weighted by atomic mass is 32.2. The van der Waals surface area contributed by atoms with Crippen molar-refractivity contribution in [2.24, 2.45) is 4.99 Å². The van der Waals surface area contributed by atoms with Crippen LogP contribution in [0.25, 0.3) is 11.1 Å². The van der Waals surface area contributed by atoms with Crippen molar-refractivity contribution < 1.29 is 14.7 Å². The Balaban J connectivity index is 0.000000273. The fourth-order valence-electron chi connectivity index (χ4n) is 3.10.